The molecule has 0 spiro atoms. The third-order valence-corrected chi connectivity index (χ3v) is 4.08. The molecule has 0 saturated heterocycles. The first-order chi connectivity index (χ1) is 10.1. The number of ketones is 1. The fourth-order valence-electron chi connectivity index (χ4n) is 2.40. The maximum Gasteiger partial charge on any atom is 0.155 e. The molecule has 1 heteroatoms. The molecule has 0 aromatic carbocycles. The molecule has 0 aliphatic carbocycles. The number of hydrogen-bond acceptors (Lipinski definition) is 1. The fourth-order valence-corrected chi connectivity index (χ4v) is 2.40. The minimum Gasteiger partial charge on any atom is -0.295 e. The molecule has 0 heterocycles. The van der Waals surface area contributed by atoms with Crippen molar-refractivity contribution in [1.82, 2.24) is 0 Å². The van der Waals surface area contributed by atoms with Crippen LogP contribution in [0.5, 0.6) is 0 Å². The predicted octanol–water partition coefficient (Wildman–Crippen LogP) is 6.41. The van der Waals surface area contributed by atoms with Gasteiger partial charge in [0.15, 0.2) is 5.78 Å². The van der Waals surface area contributed by atoms with Gasteiger partial charge in [0.05, 0.1) is 0 Å². The summed E-state index contributed by atoms with van der Waals surface area (Å²) < 4.78 is 0. The van der Waals surface area contributed by atoms with Crippen molar-refractivity contribution in [2.45, 2.75) is 79.6 Å². The van der Waals surface area contributed by atoms with Crippen molar-refractivity contribution in [3.8, 4) is 0 Å². The van der Waals surface area contributed by atoms with Crippen molar-refractivity contribution >= 4 is 5.78 Å². The van der Waals surface area contributed by atoms with E-state index in [-0.39, 0.29) is 5.78 Å². The Kier molecular flexibility index (Phi) is 12.0. The van der Waals surface area contributed by atoms with Gasteiger partial charge in [-0.25, -0.2) is 0 Å². The molecule has 0 radical (unpaired) electrons. The van der Waals surface area contributed by atoms with E-state index in [0.717, 1.165) is 17.9 Å². The van der Waals surface area contributed by atoms with Crippen LogP contribution in [-0.2, 0) is 4.79 Å². The van der Waals surface area contributed by atoms with Gasteiger partial charge in [-0.15, -0.1) is 0 Å². The van der Waals surface area contributed by atoms with E-state index < -0.39 is 0 Å². The zero-order valence-corrected chi connectivity index (χ0v) is 14.7. The Bertz CT molecular complexity index is 365. The normalized spacial score (nSPS) is 13.5. The van der Waals surface area contributed by atoms with Crippen LogP contribution < -0.4 is 0 Å². The summed E-state index contributed by atoms with van der Waals surface area (Å²) in [5.41, 5.74) is 2.65. The lowest BCUT2D eigenvalue weighted by atomic mass is 9.95. The van der Waals surface area contributed by atoms with Crippen molar-refractivity contribution in [2.24, 2.45) is 5.92 Å². The monoisotopic (exact) mass is 290 g/mol. The summed E-state index contributed by atoms with van der Waals surface area (Å²) in [7, 11) is 0. The summed E-state index contributed by atoms with van der Waals surface area (Å²) in [6.07, 6.45) is 16.3. The highest BCUT2D eigenvalue weighted by Gasteiger charge is 2.03. The molecule has 0 rings (SSSR count). The summed E-state index contributed by atoms with van der Waals surface area (Å²) in [6, 6.07) is 0. The zero-order chi connectivity index (χ0) is 16.1. The van der Waals surface area contributed by atoms with E-state index >= 15 is 0 Å². The third kappa shape index (κ3) is 10.3. The quantitative estimate of drug-likeness (QED) is 0.244. The highest BCUT2D eigenvalue weighted by Crippen LogP contribution is 2.18. The van der Waals surface area contributed by atoms with Gasteiger partial charge in [0, 0.05) is 6.42 Å². The van der Waals surface area contributed by atoms with Crippen LogP contribution in [0.25, 0.3) is 0 Å². The van der Waals surface area contributed by atoms with Gasteiger partial charge in [0.1, 0.15) is 0 Å². The van der Waals surface area contributed by atoms with Gasteiger partial charge in [-0.2, -0.15) is 0 Å². The molecule has 0 aliphatic heterocycles. The maximum atomic E-state index is 11.3. The summed E-state index contributed by atoms with van der Waals surface area (Å²) >= 11 is 0. The zero-order valence-electron chi connectivity index (χ0n) is 14.7. The SMILES string of the molecule is CCC(=O)C=C(C)C=CCC(CC)CCC=C(CC)CC. The Morgan fingerprint density at radius 1 is 1.05 bits per heavy atom. The number of carbonyl (C=O) groups excluding carboxylic acids is 1. The molecule has 1 atom stereocenters. The molecular formula is C20H34O. The molecule has 120 valence electrons. The first-order valence-electron chi connectivity index (χ1n) is 8.62. The Balaban J connectivity index is 4.24. The highest BCUT2D eigenvalue weighted by molar-refractivity contribution is 5.90. The van der Waals surface area contributed by atoms with Gasteiger partial charge in [-0.3, -0.25) is 4.79 Å². The Morgan fingerprint density at radius 3 is 2.24 bits per heavy atom. The van der Waals surface area contributed by atoms with Crippen LogP contribution in [0, 0.1) is 5.92 Å². The lowest BCUT2D eigenvalue weighted by molar-refractivity contribution is -0.114. The third-order valence-electron chi connectivity index (χ3n) is 4.08. The largest absolute Gasteiger partial charge is 0.295 e. The van der Waals surface area contributed by atoms with Crippen LogP contribution in [0.15, 0.2) is 35.5 Å². The van der Waals surface area contributed by atoms with Crippen molar-refractivity contribution in [3.05, 3.63) is 35.5 Å². The molecule has 0 aliphatic rings. The first kappa shape index (κ1) is 19.9. The van der Waals surface area contributed by atoms with Gasteiger partial charge in [0.2, 0.25) is 0 Å². The van der Waals surface area contributed by atoms with Crippen molar-refractivity contribution in [2.75, 3.05) is 0 Å². The van der Waals surface area contributed by atoms with Gasteiger partial charge >= 0.3 is 0 Å². The van der Waals surface area contributed by atoms with Crippen LogP contribution in [0.3, 0.4) is 0 Å². The van der Waals surface area contributed by atoms with E-state index in [1.54, 1.807) is 11.6 Å². The Hall–Kier alpha value is -1.11. The molecule has 1 unspecified atom stereocenters. The average molecular weight is 290 g/mol. The first-order valence-corrected chi connectivity index (χ1v) is 8.62. The van der Waals surface area contributed by atoms with Crippen LogP contribution in [0.2, 0.25) is 0 Å². The molecule has 0 fully saturated rings. The minimum absolute atomic E-state index is 0.209. The predicted molar refractivity (Wildman–Crippen MR) is 94.5 cm³/mol. The number of allylic oxidation sites excluding steroid dienone is 6. The molecule has 0 bridgehead atoms. The van der Waals surface area contributed by atoms with E-state index in [0.29, 0.717) is 6.42 Å². The topological polar surface area (TPSA) is 17.1 Å². The molecule has 0 aromatic rings. The number of carbonyl (C=O) groups is 1. The molecular weight excluding hydrogens is 256 g/mol. The Morgan fingerprint density at radius 2 is 1.71 bits per heavy atom. The number of hydrogen-bond donors (Lipinski definition) is 0. The molecule has 0 amide bonds. The Labute approximate surface area is 132 Å². The smallest absolute Gasteiger partial charge is 0.155 e. The highest BCUT2D eigenvalue weighted by atomic mass is 16.1. The van der Waals surface area contributed by atoms with E-state index in [1.165, 1.54) is 32.1 Å². The lowest BCUT2D eigenvalue weighted by Gasteiger charge is -2.11. The average Bonchev–Trinajstić information content (AvgIpc) is 2.49. The van der Waals surface area contributed by atoms with Crippen molar-refractivity contribution in [3.63, 3.8) is 0 Å². The van der Waals surface area contributed by atoms with Crippen LogP contribution >= 0.6 is 0 Å². The maximum absolute atomic E-state index is 11.3. The van der Waals surface area contributed by atoms with Gasteiger partial charge in [-0.05, 0) is 56.6 Å². The van der Waals surface area contributed by atoms with E-state index in [4.69, 9.17) is 0 Å². The van der Waals surface area contributed by atoms with E-state index in [1.807, 2.05) is 13.8 Å². The second kappa shape index (κ2) is 12.6. The molecule has 21 heavy (non-hydrogen) atoms. The van der Waals surface area contributed by atoms with Crippen molar-refractivity contribution in [1.29, 1.82) is 0 Å². The standard InChI is InChI=1S/C20H34O/c1-6-18(7-2)13-11-15-19(8-3)14-10-12-17(5)16-20(21)9-4/h10,12-13,16,19H,6-9,11,14-15H2,1-5H3. The van der Waals surface area contributed by atoms with Crippen LogP contribution in [-0.4, -0.2) is 5.78 Å². The van der Waals surface area contributed by atoms with Crippen LogP contribution in [0.4, 0.5) is 0 Å². The summed E-state index contributed by atoms with van der Waals surface area (Å²) in [5, 5.41) is 0. The van der Waals surface area contributed by atoms with Crippen LogP contribution in [0.1, 0.15) is 79.6 Å². The summed E-state index contributed by atoms with van der Waals surface area (Å²) in [6.45, 7) is 10.6. The van der Waals surface area contributed by atoms with Gasteiger partial charge in [0.25, 0.3) is 0 Å². The number of rotatable bonds is 11. The summed E-state index contributed by atoms with van der Waals surface area (Å²) in [5.74, 6) is 0.961. The molecule has 0 aromatic heterocycles. The summed E-state index contributed by atoms with van der Waals surface area (Å²) in [4.78, 5) is 11.3. The fraction of sp³-hybridized carbons (Fsp3) is 0.650. The lowest BCUT2D eigenvalue weighted by Crippen LogP contribution is -1.97. The van der Waals surface area contributed by atoms with Gasteiger partial charge < -0.3 is 0 Å². The molecule has 0 saturated carbocycles. The van der Waals surface area contributed by atoms with E-state index in [2.05, 4.69) is 39.0 Å². The second-order valence-electron chi connectivity index (χ2n) is 5.77. The molecule has 0 N–H and O–H groups in total. The van der Waals surface area contributed by atoms with Gasteiger partial charge in [-0.1, -0.05) is 57.9 Å². The van der Waals surface area contributed by atoms with E-state index in [9.17, 15) is 4.79 Å². The second-order valence-corrected chi connectivity index (χ2v) is 5.77. The van der Waals surface area contributed by atoms with Crippen molar-refractivity contribution < 1.29 is 4.79 Å². The minimum atomic E-state index is 0.209. The molecule has 1 nitrogen and oxygen atoms in total.